The fourth-order valence-electron chi connectivity index (χ4n) is 0.608. The lowest BCUT2D eigenvalue weighted by molar-refractivity contribution is -0.150. The van der Waals surface area contributed by atoms with E-state index < -0.39 is 11.9 Å². The van der Waals surface area contributed by atoms with Gasteiger partial charge in [-0.1, -0.05) is 0 Å². The summed E-state index contributed by atoms with van der Waals surface area (Å²) in [5.74, 6) is -0.876. The second-order valence-corrected chi connectivity index (χ2v) is 2.52. The molecule has 74 valence electrons. The normalized spacial score (nSPS) is 9.08. The van der Waals surface area contributed by atoms with Gasteiger partial charge in [-0.2, -0.15) is 0 Å². The predicted molar refractivity (Wildman–Crippen MR) is 45.6 cm³/mol. The van der Waals surface area contributed by atoms with Crippen molar-refractivity contribution in [2.45, 2.75) is 20.3 Å². The molecule has 0 atom stereocenters. The zero-order chi connectivity index (χ0) is 10.3. The molecule has 0 saturated heterocycles. The summed E-state index contributed by atoms with van der Waals surface area (Å²) in [6, 6.07) is 0. The van der Waals surface area contributed by atoms with Crippen LogP contribution in [0.1, 0.15) is 20.3 Å². The van der Waals surface area contributed by atoms with Gasteiger partial charge in [0.15, 0.2) is 0 Å². The maximum Gasteiger partial charge on any atom is 0.311 e. The van der Waals surface area contributed by atoms with Crippen molar-refractivity contribution >= 4 is 17.7 Å². The Morgan fingerprint density at radius 1 is 1.15 bits per heavy atom. The van der Waals surface area contributed by atoms with E-state index in [9.17, 15) is 9.59 Å². The third-order valence-electron chi connectivity index (χ3n) is 1.06. The third kappa shape index (κ3) is 8.52. The van der Waals surface area contributed by atoms with Crippen LogP contribution in [-0.2, 0) is 19.1 Å². The molecule has 0 heterocycles. The molecule has 5 nitrogen and oxygen atoms in total. The Hall–Kier alpha value is -1.39. The van der Waals surface area contributed by atoms with Gasteiger partial charge >= 0.3 is 11.9 Å². The molecule has 0 spiro atoms. The molecule has 0 radical (unpaired) electrons. The van der Waals surface area contributed by atoms with Crippen molar-refractivity contribution in [2.75, 3.05) is 13.2 Å². The van der Waals surface area contributed by atoms with Crippen LogP contribution in [-0.4, -0.2) is 30.9 Å². The molecule has 1 N–H and O–H groups in total. The SMILES string of the molecule is CC(=N)CC(=O)OCCOC(C)=O. The Bertz CT molecular complexity index is 212. The van der Waals surface area contributed by atoms with Crippen molar-refractivity contribution in [3.63, 3.8) is 0 Å². The topological polar surface area (TPSA) is 76.5 Å². The molecule has 0 amide bonds. The van der Waals surface area contributed by atoms with Crippen LogP contribution in [0, 0.1) is 5.41 Å². The average Bonchev–Trinajstić information content (AvgIpc) is 1.96. The molecule has 0 aliphatic heterocycles. The summed E-state index contributed by atoms with van der Waals surface area (Å²) in [6.07, 6.45) is -0.0138. The Morgan fingerprint density at radius 2 is 1.69 bits per heavy atom. The number of carbonyl (C=O) groups is 2. The summed E-state index contributed by atoms with van der Waals surface area (Å²) >= 11 is 0. The third-order valence-corrected chi connectivity index (χ3v) is 1.06. The van der Waals surface area contributed by atoms with Crippen LogP contribution in [0.4, 0.5) is 0 Å². The minimum atomic E-state index is -0.473. The van der Waals surface area contributed by atoms with E-state index in [4.69, 9.17) is 5.41 Å². The van der Waals surface area contributed by atoms with Crippen LogP contribution in [0.5, 0.6) is 0 Å². The highest BCUT2D eigenvalue weighted by molar-refractivity contribution is 5.95. The molecule has 0 aromatic heterocycles. The van der Waals surface area contributed by atoms with Crippen LogP contribution in [0.15, 0.2) is 0 Å². The molecule has 0 aromatic carbocycles. The van der Waals surface area contributed by atoms with Gasteiger partial charge in [-0.25, -0.2) is 0 Å². The fourth-order valence-corrected chi connectivity index (χ4v) is 0.608. The van der Waals surface area contributed by atoms with E-state index in [0.717, 1.165) is 0 Å². The van der Waals surface area contributed by atoms with Gasteiger partial charge < -0.3 is 14.9 Å². The minimum absolute atomic E-state index is 0.0138. The molecule has 0 unspecified atom stereocenters. The lowest BCUT2D eigenvalue weighted by atomic mass is 10.3. The van der Waals surface area contributed by atoms with Gasteiger partial charge in [0.1, 0.15) is 13.2 Å². The van der Waals surface area contributed by atoms with E-state index in [1.54, 1.807) is 0 Å². The van der Waals surface area contributed by atoms with Crippen molar-refractivity contribution in [1.82, 2.24) is 0 Å². The Balaban J connectivity index is 3.37. The molecule has 0 fully saturated rings. The van der Waals surface area contributed by atoms with Gasteiger partial charge in [0.2, 0.25) is 0 Å². The molecule has 0 bridgehead atoms. The summed E-state index contributed by atoms with van der Waals surface area (Å²) in [5.41, 5.74) is 0.248. The first-order valence-electron chi connectivity index (χ1n) is 3.85. The monoisotopic (exact) mass is 187 g/mol. The minimum Gasteiger partial charge on any atom is -0.462 e. The van der Waals surface area contributed by atoms with Gasteiger partial charge in [0, 0.05) is 12.6 Å². The number of nitrogens with one attached hydrogen (secondary N) is 1. The van der Waals surface area contributed by atoms with E-state index in [-0.39, 0.29) is 25.3 Å². The molecule has 13 heavy (non-hydrogen) atoms. The maximum atomic E-state index is 10.8. The summed E-state index contributed by atoms with van der Waals surface area (Å²) in [4.78, 5) is 21.1. The number of esters is 2. The standard InChI is InChI=1S/C8H13NO4/c1-6(9)5-8(11)13-4-3-12-7(2)10/h9H,3-5H2,1-2H3. The van der Waals surface area contributed by atoms with E-state index in [2.05, 4.69) is 9.47 Å². The highest BCUT2D eigenvalue weighted by Crippen LogP contribution is 1.88. The summed E-state index contributed by atoms with van der Waals surface area (Å²) in [7, 11) is 0. The molecule has 5 heteroatoms. The fraction of sp³-hybridized carbons (Fsp3) is 0.625. The van der Waals surface area contributed by atoms with Gasteiger partial charge in [-0.3, -0.25) is 9.59 Å². The lowest BCUT2D eigenvalue weighted by Gasteiger charge is -2.03. The quantitative estimate of drug-likeness (QED) is 0.387. The van der Waals surface area contributed by atoms with Crippen LogP contribution in [0.2, 0.25) is 0 Å². The highest BCUT2D eigenvalue weighted by Gasteiger charge is 2.03. The van der Waals surface area contributed by atoms with Crippen molar-refractivity contribution in [1.29, 1.82) is 5.41 Å². The van der Waals surface area contributed by atoms with Gasteiger partial charge in [0.25, 0.3) is 0 Å². The van der Waals surface area contributed by atoms with Crippen LogP contribution >= 0.6 is 0 Å². The molecule has 0 aliphatic carbocycles. The zero-order valence-corrected chi connectivity index (χ0v) is 7.75. The summed E-state index contributed by atoms with van der Waals surface area (Å²) in [5, 5.41) is 6.99. The molecular weight excluding hydrogens is 174 g/mol. The van der Waals surface area contributed by atoms with Crippen molar-refractivity contribution in [3.8, 4) is 0 Å². The van der Waals surface area contributed by atoms with Crippen molar-refractivity contribution < 1.29 is 19.1 Å². The first kappa shape index (κ1) is 11.6. The number of hydrogen-bond donors (Lipinski definition) is 1. The van der Waals surface area contributed by atoms with E-state index in [1.807, 2.05) is 0 Å². The van der Waals surface area contributed by atoms with Crippen molar-refractivity contribution in [2.24, 2.45) is 0 Å². The summed E-state index contributed by atoms with van der Waals surface area (Å²) in [6.45, 7) is 2.92. The molecule has 0 saturated carbocycles. The van der Waals surface area contributed by atoms with Crippen LogP contribution in [0.25, 0.3) is 0 Å². The first-order valence-corrected chi connectivity index (χ1v) is 3.85. The zero-order valence-electron chi connectivity index (χ0n) is 7.75. The number of rotatable bonds is 5. The number of carbonyl (C=O) groups excluding carboxylic acids is 2. The molecule has 0 rings (SSSR count). The van der Waals surface area contributed by atoms with Gasteiger partial charge in [0.05, 0.1) is 6.42 Å². The Morgan fingerprint density at radius 3 is 2.15 bits per heavy atom. The molecular formula is C8H13NO4. The van der Waals surface area contributed by atoms with Crippen LogP contribution in [0.3, 0.4) is 0 Å². The largest absolute Gasteiger partial charge is 0.462 e. The number of hydrogen-bond acceptors (Lipinski definition) is 5. The Labute approximate surface area is 76.5 Å². The van der Waals surface area contributed by atoms with E-state index in [1.165, 1.54) is 13.8 Å². The van der Waals surface area contributed by atoms with E-state index >= 15 is 0 Å². The average molecular weight is 187 g/mol. The van der Waals surface area contributed by atoms with Crippen LogP contribution < -0.4 is 0 Å². The molecule has 0 aromatic rings. The second kappa shape index (κ2) is 6.16. The van der Waals surface area contributed by atoms with E-state index in [0.29, 0.717) is 0 Å². The van der Waals surface area contributed by atoms with Crippen molar-refractivity contribution in [3.05, 3.63) is 0 Å². The lowest BCUT2D eigenvalue weighted by Crippen LogP contribution is -2.14. The van der Waals surface area contributed by atoms with Gasteiger partial charge in [-0.05, 0) is 6.92 Å². The maximum absolute atomic E-state index is 10.8. The second-order valence-electron chi connectivity index (χ2n) is 2.52. The highest BCUT2D eigenvalue weighted by atomic mass is 16.6. The summed E-state index contributed by atoms with van der Waals surface area (Å²) < 4.78 is 9.17. The van der Waals surface area contributed by atoms with Gasteiger partial charge in [-0.15, -0.1) is 0 Å². The Kier molecular flexibility index (Phi) is 5.50. The first-order chi connectivity index (χ1) is 6.02. The molecule has 0 aliphatic rings. The smallest absolute Gasteiger partial charge is 0.311 e. The predicted octanol–water partition coefficient (Wildman–Crippen LogP) is 0.522. The number of ether oxygens (including phenoxy) is 2.